The first-order valence-corrected chi connectivity index (χ1v) is 8.88. The van der Waals surface area contributed by atoms with Gasteiger partial charge in [-0.25, -0.2) is 4.79 Å². The molecular formula is C19H22N4O3. The summed E-state index contributed by atoms with van der Waals surface area (Å²) in [5.74, 6) is -0.782. The zero-order valence-electron chi connectivity index (χ0n) is 14.7. The van der Waals surface area contributed by atoms with Gasteiger partial charge < -0.3 is 10.6 Å². The van der Waals surface area contributed by atoms with Crippen molar-refractivity contribution in [3.8, 4) is 6.07 Å². The number of imide groups is 1. The van der Waals surface area contributed by atoms with Crippen molar-refractivity contribution in [1.82, 2.24) is 15.5 Å². The summed E-state index contributed by atoms with van der Waals surface area (Å²) >= 11 is 0. The summed E-state index contributed by atoms with van der Waals surface area (Å²) in [5.41, 5.74) is -0.196. The van der Waals surface area contributed by atoms with Crippen molar-refractivity contribution in [2.24, 2.45) is 0 Å². The lowest BCUT2D eigenvalue weighted by atomic mass is 9.91. The number of nitrogens with one attached hydrogen (secondary N) is 2. The Labute approximate surface area is 152 Å². The zero-order valence-corrected chi connectivity index (χ0v) is 14.7. The van der Waals surface area contributed by atoms with Gasteiger partial charge >= 0.3 is 6.03 Å². The summed E-state index contributed by atoms with van der Waals surface area (Å²) in [7, 11) is 0. The van der Waals surface area contributed by atoms with E-state index in [-0.39, 0.29) is 18.5 Å². The molecule has 2 fully saturated rings. The van der Waals surface area contributed by atoms with Crippen LogP contribution in [-0.2, 0) is 15.1 Å². The lowest BCUT2D eigenvalue weighted by Crippen LogP contribution is -2.45. The average Bonchev–Trinajstić information content (AvgIpc) is 2.86. The molecule has 1 aromatic rings. The van der Waals surface area contributed by atoms with Crippen molar-refractivity contribution >= 4 is 17.8 Å². The Morgan fingerprint density at radius 3 is 2.54 bits per heavy atom. The Morgan fingerprint density at radius 1 is 1.27 bits per heavy atom. The number of carbonyl (C=O) groups is 3. The molecule has 26 heavy (non-hydrogen) atoms. The molecule has 7 nitrogen and oxygen atoms in total. The Kier molecular flexibility index (Phi) is 4.94. The Balaban J connectivity index is 1.69. The number of amides is 4. The first-order valence-electron chi connectivity index (χ1n) is 8.88. The number of benzene rings is 1. The number of hydrogen-bond donors (Lipinski definition) is 2. The fourth-order valence-corrected chi connectivity index (χ4v) is 3.58. The SMILES string of the molecule is CC1(c2ccc(C#N)cc2)NC(=O)N(CC(=O)NC2CCCCC2)C1=O. The molecule has 0 aromatic heterocycles. The number of nitriles is 1. The molecular weight excluding hydrogens is 332 g/mol. The fourth-order valence-electron chi connectivity index (χ4n) is 3.58. The van der Waals surface area contributed by atoms with Crippen molar-refractivity contribution < 1.29 is 14.4 Å². The lowest BCUT2D eigenvalue weighted by molar-refractivity contribution is -0.135. The summed E-state index contributed by atoms with van der Waals surface area (Å²) in [4.78, 5) is 38.3. The molecule has 1 atom stereocenters. The molecule has 1 aliphatic heterocycles. The second-order valence-corrected chi connectivity index (χ2v) is 7.04. The molecule has 1 heterocycles. The Morgan fingerprint density at radius 2 is 1.92 bits per heavy atom. The van der Waals surface area contributed by atoms with E-state index in [0.29, 0.717) is 11.1 Å². The summed E-state index contributed by atoms with van der Waals surface area (Å²) in [6, 6.07) is 8.03. The number of hydrogen-bond acceptors (Lipinski definition) is 4. The smallest absolute Gasteiger partial charge is 0.325 e. The largest absolute Gasteiger partial charge is 0.352 e. The molecule has 0 bridgehead atoms. The molecule has 3 rings (SSSR count). The van der Waals surface area contributed by atoms with E-state index < -0.39 is 17.5 Å². The van der Waals surface area contributed by atoms with Crippen molar-refractivity contribution in [1.29, 1.82) is 5.26 Å². The summed E-state index contributed by atoms with van der Waals surface area (Å²) in [5, 5.41) is 14.5. The quantitative estimate of drug-likeness (QED) is 0.805. The van der Waals surface area contributed by atoms with E-state index in [0.717, 1.165) is 30.6 Å². The first kappa shape index (κ1) is 17.9. The minimum Gasteiger partial charge on any atom is -0.352 e. The number of carbonyl (C=O) groups excluding carboxylic acids is 3. The number of urea groups is 1. The van der Waals surface area contributed by atoms with E-state index in [1.54, 1.807) is 31.2 Å². The second kappa shape index (κ2) is 7.16. The highest BCUT2D eigenvalue weighted by Gasteiger charge is 2.49. The maximum Gasteiger partial charge on any atom is 0.325 e. The van der Waals surface area contributed by atoms with E-state index in [2.05, 4.69) is 10.6 Å². The normalized spacial score (nSPS) is 23.5. The van der Waals surface area contributed by atoms with Gasteiger partial charge in [-0.1, -0.05) is 31.4 Å². The van der Waals surface area contributed by atoms with Gasteiger partial charge in [-0.05, 0) is 37.5 Å². The average molecular weight is 354 g/mol. The van der Waals surface area contributed by atoms with Crippen molar-refractivity contribution in [3.63, 3.8) is 0 Å². The van der Waals surface area contributed by atoms with Crippen molar-refractivity contribution in [2.45, 2.75) is 50.6 Å². The minimum absolute atomic E-state index is 0.127. The Hall–Kier alpha value is -2.88. The van der Waals surface area contributed by atoms with Crippen LogP contribution in [0.3, 0.4) is 0 Å². The summed E-state index contributed by atoms with van der Waals surface area (Å²) in [6.07, 6.45) is 5.24. The van der Waals surface area contributed by atoms with Gasteiger partial charge in [-0.2, -0.15) is 5.26 Å². The van der Waals surface area contributed by atoms with Gasteiger partial charge in [0, 0.05) is 6.04 Å². The first-order chi connectivity index (χ1) is 12.4. The zero-order chi connectivity index (χ0) is 18.7. The highest BCUT2D eigenvalue weighted by atomic mass is 16.2. The molecule has 1 unspecified atom stereocenters. The van der Waals surface area contributed by atoms with E-state index >= 15 is 0 Å². The molecule has 1 saturated heterocycles. The summed E-state index contributed by atoms with van der Waals surface area (Å²) in [6.45, 7) is 1.32. The van der Waals surface area contributed by atoms with Gasteiger partial charge in [-0.3, -0.25) is 14.5 Å². The molecule has 2 aliphatic rings. The topological polar surface area (TPSA) is 102 Å². The van der Waals surface area contributed by atoms with Gasteiger partial charge in [0.05, 0.1) is 11.6 Å². The maximum atomic E-state index is 12.8. The molecule has 0 radical (unpaired) electrons. The number of rotatable bonds is 4. The molecule has 136 valence electrons. The molecule has 4 amide bonds. The third kappa shape index (κ3) is 3.40. The molecule has 1 aromatic carbocycles. The monoisotopic (exact) mass is 354 g/mol. The lowest BCUT2D eigenvalue weighted by Gasteiger charge is -2.24. The second-order valence-electron chi connectivity index (χ2n) is 7.04. The predicted octanol–water partition coefficient (Wildman–Crippen LogP) is 1.77. The minimum atomic E-state index is -1.24. The van der Waals surface area contributed by atoms with Gasteiger partial charge in [-0.15, -0.1) is 0 Å². The number of nitrogens with zero attached hydrogens (tertiary/aromatic N) is 2. The van der Waals surface area contributed by atoms with Crippen LogP contribution in [0, 0.1) is 11.3 Å². The van der Waals surface area contributed by atoms with Gasteiger partial charge in [0.25, 0.3) is 5.91 Å². The van der Waals surface area contributed by atoms with E-state index in [1.165, 1.54) is 6.42 Å². The van der Waals surface area contributed by atoms with Crippen LogP contribution in [0.5, 0.6) is 0 Å². The predicted molar refractivity (Wildman–Crippen MR) is 93.8 cm³/mol. The molecule has 2 N–H and O–H groups in total. The van der Waals surface area contributed by atoms with Crippen LogP contribution in [0.15, 0.2) is 24.3 Å². The standard InChI is InChI=1S/C19H22N4O3/c1-19(14-9-7-13(11-20)8-10-14)17(25)23(18(26)22-19)12-16(24)21-15-5-3-2-4-6-15/h7-10,15H,2-6,12H2,1H3,(H,21,24)(H,22,26). The Bertz CT molecular complexity index is 762. The third-order valence-electron chi connectivity index (χ3n) is 5.14. The van der Waals surface area contributed by atoms with Gasteiger partial charge in [0.1, 0.15) is 12.1 Å². The molecule has 7 heteroatoms. The molecule has 1 saturated carbocycles. The van der Waals surface area contributed by atoms with Crippen LogP contribution in [0.4, 0.5) is 4.79 Å². The van der Waals surface area contributed by atoms with Crippen LogP contribution >= 0.6 is 0 Å². The molecule has 0 spiro atoms. The summed E-state index contributed by atoms with van der Waals surface area (Å²) < 4.78 is 0. The van der Waals surface area contributed by atoms with Crippen LogP contribution < -0.4 is 10.6 Å². The van der Waals surface area contributed by atoms with Gasteiger partial charge in [0.2, 0.25) is 5.91 Å². The van der Waals surface area contributed by atoms with Crippen molar-refractivity contribution in [2.75, 3.05) is 6.54 Å². The van der Waals surface area contributed by atoms with E-state index in [9.17, 15) is 14.4 Å². The van der Waals surface area contributed by atoms with Crippen LogP contribution in [-0.4, -0.2) is 35.3 Å². The molecule has 1 aliphatic carbocycles. The van der Waals surface area contributed by atoms with Crippen LogP contribution in [0.1, 0.15) is 50.2 Å². The van der Waals surface area contributed by atoms with E-state index in [4.69, 9.17) is 5.26 Å². The van der Waals surface area contributed by atoms with Crippen LogP contribution in [0.25, 0.3) is 0 Å². The van der Waals surface area contributed by atoms with Crippen molar-refractivity contribution in [3.05, 3.63) is 35.4 Å². The van der Waals surface area contributed by atoms with E-state index in [1.807, 2.05) is 6.07 Å². The highest BCUT2D eigenvalue weighted by Crippen LogP contribution is 2.29. The van der Waals surface area contributed by atoms with Crippen LogP contribution in [0.2, 0.25) is 0 Å². The maximum absolute atomic E-state index is 12.8. The highest BCUT2D eigenvalue weighted by molar-refractivity contribution is 6.09. The third-order valence-corrected chi connectivity index (χ3v) is 5.14. The van der Waals surface area contributed by atoms with Gasteiger partial charge in [0.15, 0.2) is 0 Å². The fraction of sp³-hybridized carbons (Fsp3) is 0.474.